The minimum atomic E-state index is -0.0347. The molecule has 80 valence electrons. The van der Waals surface area contributed by atoms with Crippen molar-refractivity contribution < 1.29 is 14.3 Å². The maximum absolute atomic E-state index is 11.2. The first-order chi connectivity index (χ1) is 7.18. The number of rotatable bonds is 1. The summed E-state index contributed by atoms with van der Waals surface area (Å²) < 4.78 is 10.9. The highest BCUT2D eigenvalue weighted by Crippen LogP contribution is 2.37. The van der Waals surface area contributed by atoms with E-state index >= 15 is 0 Å². The molecule has 0 N–H and O–H groups in total. The van der Waals surface area contributed by atoms with E-state index < -0.39 is 0 Å². The summed E-state index contributed by atoms with van der Waals surface area (Å²) in [6.45, 7) is 2.67. The lowest BCUT2D eigenvalue weighted by molar-refractivity contribution is 0.101. The summed E-state index contributed by atoms with van der Waals surface area (Å²) in [6.07, 6.45) is 0.820. The molecule has 0 saturated carbocycles. The second-order valence-electron chi connectivity index (χ2n) is 3.39. The Hall–Kier alpha value is -1.22. The smallest absolute Gasteiger partial charge is 0.179 e. The number of hydrogen-bond donors (Lipinski definition) is 0. The van der Waals surface area contributed by atoms with Gasteiger partial charge >= 0.3 is 0 Å². The monoisotopic (exact) mass is 226 g/mol. The number of benzene rings is 1. The van der Waals surface area contributed by atoms with Gasteiger partial charge < -0.3 is 9.47 Å². The van der Waals surface area contributed by atoms with Crippen molar-refractivity contribution >= 4 is 17.4 Å². The van der Waals surface area contributed by atoms with Crippen LogP contribution in [-0.2, 0) is 0 Å². The van der Waals surface area contributed by atoms with Gasteiger partial charge in [0.25, 0.3) is 0 Å². The molecule has 0 bridgehead atoms. The first-order valence-electron chi connectivity index (χ1n) is 4.78. The van der Waals surface area contributed by atoms with E-state index in [4.69, 9.17) is 21.1 Å². The molecule has 1 aliphatic rings. The van der Waals surface area contributed by atoms with Crippen LogP contribution in [0.4, 0.5) is 0 Å². The molecule has 0 saturated heterocycles. The zero-order valence-corrected chi connectivity index (χ0v) is 9.13. The average Bonchev–Trinajstić information content (AvgIpc) is 2.42. The Morgan fingerprint density at radius 2 is 2.07 bits per heavy atom. The zero-order chi connectivity index (χ0) is 10.8. The van der Waals surface area contributed by atoms with E-state index in [1.807, 2.05) is 0 Å². The van der Waals surface area contributed by atoms with Crippen molar-refractivity contribution in [3.8, 4) is 11.5 Å². The highest BCUT2D eigenvalue weighted by Gasteiger charge is 2.16. The summed E-state index contributed by atoms with van der Waals surface area (Å²) in [5.41, 5.74) is 0.546. The molecule has 4 heteroatoms. The lowest BCUT2D eigenvalue weighted by atomic mass is 10.1. The van der Waals surface area contributed by atoms with Gasteiger partial charge in [-0.1, -0.05) is 11.6 Å². The topological polar surface area (TPSA) is 35.5 Å². The number of hydrogen-bond acceptors (Lipinski definition) is 3. The van der Waals surface area contributed by atoms with Gasteiger partial charge in [0.1, 0.15) is 0 Å². The molecule has 0 unspecified atom stereocenters. The molecule has 0 radical (unpaired) electrons. The zero-order valence-electron chi connectivity index (χ0n) is 8.38. The fourth-order valence-corrected chi connectivity index (χ4v) is 1.70. The van der Waals surface area contributed by atoms with Gasteiger partial charge in [0, 0.05) is 12.0 Å². The van der Waals surface area contributed by atoms with Crippen LogP contribution in [0.25, 0.3) is 0 Å². The van der Waals surface area contributed by atoms with Crippen LogP contribution in [0.2, 0.25) is 5.02 Å². The molecule has 0 atom stereocenters. The Morgan fingerprint density at radius 1 is 1.33 bits per heavy atom. The van der Waals surface area contributed by atoms with Crippen LogP contribution >= 0.6 is 11.6 Å². The van der Waals surface area contributed by atoms with E-state index in [-0.39, 0.29) is 5.78 Å². The highest BCUT2D eigenvalue weighted by molar-refractivity contribution is 6.32. The molecule has 0 amide bonds. The van der Waals surface area contributed by atoms with Gasteiger partial charge in [-0.25, -0.2) is 0 Å². The Kier molecular flexibility index (Phi) is 2.82. The lowest BCUT2D eigenvalue weighted by Gasteiger charge is -2.10. The fourth-order valence-electron chi connectivity index (χ4n) is 1.43. The van der Waals surface area contributed by atoms with Gasteiger partial charge in [-0.3, -0.25) is 4.79 Å². The molecule has 2 rings (SSSR count). The molecule has 1 heterocycles. The van der Waals surface area contributed by atoms with Crippen molar-refractivity contribution in [2.45, 2.75) is 13.3 Å². The van der Waals surface area contributed by atoms with Gasteiger partial charge in [-0.05, 0) is 19.1 Å². The van der Waals surface area contributed by atoms with Crippen molar-refractivity contribution in [1.29, 1.82) is 0 Å². The largest absolute Gasteiger partial charge is 0.489 e. The van der Waals surface area contributed by atoms with Crippen LogP contribution in [0.1, 0.15) is 23.7 Å². The second kappa shape index (κ2) is 4.11. The van der Waals surface area contributed by atoms with Gasteiger partial charge in [-0.2, -0.15) is 0 Å². The third kappa shape index (κ3) is 2.07. The van der Waals surface area contributed by atoms with Gasteiger partial charge in [0.15, 0.2) is 17.3 Å². The van der Waals surface area contributed by atoms with Crippen molar-refractivity contribution in [1.82, 2.24) is 0 Å². The SMILES string of the molecule is CC(=O)c1cc(Cl)c2c(c1)OCCCO2. The van der Waals surface area contributed by atoms with E-state index in [1.54, 1.807) is 12.1 Å². The maximum atomic E-state index is 11.2. The van der Waals surface area contributed by atoms with Crippen LogP contribution in [0, 0.1) is 0 Å². The molecule has 0 aliphatic carbocycles. The van der Waals surface area contributed by atoms with E-state index in [2.05, 4.69) is 0 Å². The van der Waals surface area contributed by atoms with E-state index in [9.17, 15) is 4.79 Å². The van der Waals surface area contributed by atoms with Gasteiger partial charge in [0.05, 0.1) is 18.2 Å². The number of carbonyl (C=O) groups is 1. The van der Waals surface area contributed by atoms with Crippen molar-refractivity contribution in [3.63, 3.8) is 0 Å². The minimum Gasteiger partial charge on any atom is -0.489 e. The van der Waals surface area contributed by atoms with Crippen molar-refractivity contribution in [2.75, 3.05) is 13.2 Å². The summed E-state index contributed by atoms with van der Waals surface area (Å²) in [5, 5.41) is 0.430. The van der Waals surface area contributed by atoms with Gasteiger partial charge in [0.2, 0.25) is 0 Å². The summed E-state index contributed by atoms with van der Waals surface area (Å²) in [4.78, 5) is 11.2. The summed E-state index contributed by atoms with van der Waals surface area (Å²) >= 11 is 6.01. The van der Waals surface area contributed by atoms with Crippen LogP contribution in [-0.4, -0.2) is 19.0 Å². The van der Waals surface area contributed by atoms with E-state index in [0.29, 0.717) is 35.3 Å². The molecule has 1 aromatic carbocycles. The first kappa shape index (κ1) is 10.3. The standard InChI is InChI=1S/C11H11ClO3/c1-7(13)8-5-9(12)11-10(6-8)14-3-2-4-15-11/h5-6H,2-4H2,1H3. The Bertz CT molecular complexity index is 401. The average molecular weight is 227 g/mol. The van der Waals surface area contributed by atoms with E-state index in [1.165, 1.54) is 6.92 Å². The number of halogens is 1. The van der Waals surface area contributed by atoms with Crippen molar-refractivity contribution in [2.24, 2.45) is 0 Å². The van der Waals surface area contributed by atoms with Crippen LogP contribution < -0.4 is 9.47 Å². The summed E-state index contributed by atoms with van der Waals surface area (Å²) in [6, 6.07) is 3.28. The minimum absolute atomic E-state index is 0.0347. The molecule has 3 nitrogen and oxygen atoms in total. The molecule has 0 aromatic heterocycles. The molecule has 1 aromatic rings. The second-order valence-corrected chi connectivity index (χ2v) is 3.80. The molecular weight excluding hydrogens is 216 g/mol. The lowest BCUT2D eigenvalue weighted by Crippen LogP contribution is -1.97. The summed E-state index contributed by atoms with van der Waals surface area (Å²) in [7, 11) is 0. The van der Waals surface area contributed by atoms with Crippen LogP contribution in [0.3, 0.4) is 0 Å². The predicted octanol–water partition coefficient (Wildman–Crippen LogP) is 2.70. The molecular formula is C11H11ClO3. The Balaban J connectivity index is 2.48. The third-order valence-corrected chi connectivity index (χ3v) is 2.49. The fraction of sp³-hybridized carbons (Fsp3) is 0.364. The van der Waals surface area contributed by atoms with Gasteiger partial charge in [-0.15, -0.1) is 0 Å². The highest BCUT2D eigenvalue weighted by atomic mass is 35.5. The molecule has 15 heavy (non-hydrogen) atoms. The van der Waals surface area contributed by atoms with Crippen molar-refractivity contribution in [3.05, 3.63) is 22.7 Å². The number of ketones is 1. The van der Waals surface area contributed by atoms with Crippen LogP contribution in [0.15, 0.2) is 12.1 Å². The maximum Gasteiger partial charge on any atom is 0.179 e. The summed E-state index contributed by atoms with van der Waals surface area (Å²) in [5.74, 6) is 1.07. The Morgan fingerprint density at radius 3 is 2.80 bits per heavy atom. The molecule has 1 aliphatic heterocycles. The molecule has 0 spiro atoms. The van der Waals surface area contributed by atoms with Crippen LogP contribution in [0.5, 0.6) is 11.5 Å². The normalized spacial score (nSPS) is 14.5. The number of ether oxygens (including phenoxy) is 2. The molecule has 0 fully saturated rings. The number of carbonyl (C=O) groups excluding carboxylic acids is 1. The predicted molar refractivity (Wildman–Crippen MR) is 57.1 cm³/mol. The van der Waals surface area contributed by atoms with E-state index in [0.717, 1.165) is 6.42 Å². The third-order valence-electron chi connectivity index (χ3n) is 2.21. The number of Topliss-reactive ketones (excluding diaryl/α,β-unsaturated/α-hetero) is 1. The quantitative estimate of drug-likeness (QED) is 0.691. The first-order valence-corrected chi connectivity index (χ1v) is 5.16. The Labute approximate surface area is 92.9 Å². The number of fused-ring (bicyclic) bond motifs is 1.